The number of carbonyl (C=O) groups excluding carboxylic acids is 3. The Morgan fingerprint density at radius 3 is 2.37 bits per heavy atom. The number of Topliss-reactive ketones (excluding diaryl/α,β-unsaturated/α-hetero) is 2. The van der Waals surface area contributed by atoms with Gasteiger partial charge in [-0.1, -0.05) is 30.7 Å². The van der Waals surface area contributed by atoms with Gasteiger partial charge in [0, 0.05) is 40.5 Å². The van der Waals surface area contributed by atoms with Crippen LogP contribution in [0, 0.1) is 5.92 Å². The average Bonchev–Trinajstić information content (AvgIpc) is 3.17. The van der Waals surface area contributed by atoms with Crippen LogP contribution in [0.15, 0.2) is 46.5 Å². The Balaban J connectivity index is 1.65. The second-order valence-corrected chi connectivity index (χ2v) is 10.1. The van der Waals surface area contributed by atoms with Crippen LogP contribution in [-0.4, -0.2) is 43.6 Å². The smallest absolute Gasteiger partial charge is 0.236 e. The van der Waals surface area contributed by atoms with Crippen LogP contribution in [0.1, 0.15) is 41.6 Å². The van der Waals surface area contributed by atoms with Crippen molar-refractivity contribution >= 4 is 40.8 Å². The molecular formula is C26H24ClNO6S. The highest BCUT2D eigenvalue weighted by molar-refractivity contribution is 7.98. The number of ketones is 2. The number of rotatable bonds is 4. The second kappa shape index (κ2) is 8.60. The van der Waals surface area contributed by atoms with Crippen LogP contribution in [-0.2, 0) is 9.59 Å². The van der Waals surface area contributed by atoms with Crippen molar-refractivity contribution in [2.75, 3.05) is 20.5 Å². The molecule has 2 aromatic rings. The van der Waals surface area contributed by atoms with Gasteiger partial charge in [-0.15, -0.1) is 11.8 Å². The fraction of sp³-hybridized carbons (Fsp3) is 0.346. The van der Waals surface area contributed by atoms with Crippen molar-refractivity contribution < 1.29 is 28.6 Å². The van der Waals surface area contributed by atoms with E-state index in [4.69, 9.17) is 25.8 Å². The van der Waals surface area contributed by atoms with Crippen molar-refractivity contribution in [3.05, 3.63) is 57.8 Å². The number of thioether (sulfide) groups is 1. The van der Waals surface area contributed by atoms with Crippen LogP contribution < -0.4 is 19.5 Å². The number of fused-ring (bicyclic) bond motifs is 1. The maximum atomic E-state index is 14.3. The maximum absolute atomic E-state index is 14.3. The van der Waals surface area contributed by atoms with E-state index in [1.165, 1.54) is 20.3 Å². The minimum Gasteiger partial charge on any atom is -0.496 e. The van der Waals surface area contributed by atoms with Crippen molar-refractivity contribution in [3.8, 4) is 17.2 Å². The summed E-state index contributed by atoms with van der Waals surface area (Å²) in [5.74, 6) is -1.57. The Morgan fingerprint density at radius 1 is 1.06 bits per heavy atom. The number of methoxy groups -OCH3 is 2. The molecular weight excluding hydrogens is 490 g/mol. The number of carbonyl (C=O) groups is 3. The highest BCUT2D eigenvalue weighted by Crippen LogP contribution is 2.55. The quantitative estimate of drug-likeness (QED) is 0.473. The minimum absolute atomic E-state index is 0.0813. The zero-order valence-corrected chi connectivity index (χ0v) is 21.3. The molecule has 9 heteroatoms. The third kappa shape index (κ3) is 3.37. The van der Waals surface area contributed by atoms with Crippen LogP contribution in [0.4, 0.5) is 0 Å². The average molecular weight is 514 g/mol. The van der Waals surface area contributed by atoms with E-state index in [0.29, 0.717) is 17.7 Å². The Bertz CT molecular complexity index is 1300. The number of benzene rings is 2. The number of ether oxygens (including phenoxy) is 3. The number of hydrogen-bond acceptors (Lipinski definition) is 7. The molecule has 2 heterocycles. The molecule has 5 rings (SSSR count). The van der Waals surface area contributed by atoms with Crippen LogP contribution in [0.3, 0.4) is 0 Å². The molecule has 3 aliphatic rings. The zero-order chi connectivity index (χ0) is 25.1. The summed E-state index contributed by atoms with van der Waals surface area (Å²) >= 11 is 8.12. The van der Waals surface area contributed by atoms with Gasteiger partial charge in [0.1, 0.15) is 22.1 Å². The van der Waals surface area contributed by atoms with Crippen LogP contribution in [0.2, 0.25) is 5.02 Å². The molecule has 2 aromatic carbocycles. The number of nitrogens with one attached hydrogen (secondary N) is 1. The highest BCUT2D eigenvalue weighted by Gasteiger charge is 2.63. The van der Waals surface area contributed by atoms with Gasteiger partial charge < -0.3 is 19.5 Å². The molecule has 1 unspecified atom stereocenters. The molecule has 182 valence electrons. The van der Waals surface area contributed by atoms with E-state index in [1.54, 1.807) is 18.7 Å². The first-order valence-electron chi connectivity index (χ1n) is 11.2. The Kier molecular flexibility index (Phi) is 5.84. The third-order valence-electron chi connectivity index (χ3n) is 7.08. The lowest BCUT2D eigenvalue weighted by Gasteiger charge is -2.41. The molecule has 1 aliphatic carbocycles. The first-order chi connectivity index (χ1) is 16.8. The number of halogens is 1. The molecule has 3 atom stereocenters. The summed E-state index contributed by atoms with van der Waals surface area (Å²) in [6, 6.07) is 9.29. The fourth-order valence-corrected chi connectivity index (χ4v) is 5.98. The van der Waals surface area contributed by atoms with E-state index in [1.807, 2.05) is 30.5 Å². The molecule has 0 radical (unpaired) electrons. The molecule has 1 spiro atoms. The second-order valence-electron chi connectivity index (χ2n) is 8.87. The molecule has 0 aromatic heterocycles. The van der Waals surface area contributed by atoms with Crippen LogP contribution in [0.5, 0.6) is 17.2 Å². The lowest BCUT2D eigenvalue weighted by atomic mass is 9.66. The fourth-order valence-electron chi connectivity index (χ4n) is 5.31. The van der Waals surface area contributed by atoms with Crippen LogP contribution in [0.25, 0.3) is 0 Å². The summed E-state index contributed by atoms with van der Waals surface area (Å²) in [4.78, 5) is 41.9. The van der Waals surface area contributed by atoms with Crippen molar-refractivity contribution in [1.82, 2.24) is 5.32 Å². The summed E-state index contributed by atoms with van der Waals surface area (Å²) in [6.45, 7) is 1.77. The summed E-state index contributed by atoms with van der Waals surface area (Å²) < 4.78 is 17.0. The third-order valence-corrected chi connectivity index (χ3v) is 8.18. The van der Waals surface area contributed by atoms with Gasteiger partial charge in [-0.2, -0.15) is 0 Å². The first-order valence-corrected chi connectivity index (χ1v) is 12.8. The molecule has 1 N–H and O–H groups in total. The van der Waals surface area contributed by atoms with E-state index in [2.05, 4.69) is 5.32 Å². The van der Waals surface area contributed by atoms with E-state index < -0.39 is 29.0 Å². The molecule has 0 fully saturated rings. The van der Waals surface area contributed by atoms with Gasteiger partial charge in [0.05, 0.1) is 14.2 Å². The topological polar surface area (TPSA) is 90.9 Å². The predicted molar refractivity (Wildman–Crippen MR) is 132 cm³/mol. The summed E-state index contributed by atoms with van der Waals surface area (Å²) in [5.41, 5.74) is 0.116. The molecule has 7 nitrogen and oxygen atoms in total. The maximum Gasteiger partial charge on any atom is 0.236 e. The number of allylic oxidation sites excluding steroid dienone is 1. The SMILES string of the molecule is COc1cc(OC)c2c(c1Cl)O[C@@]1(C(=O)C3=C(C[C@H]1C)NC(=O)CC3c1ccc(SC)cc1)C2=O. The van der Waals surface area contributed by atoms with Gasteiger partial charge in [0.15, 0.2) is 5.75 Å². The minimum atomic E-state index is -1.80. The lowest BCUT2D eigenvalue weighted by molar-refractivity contribution is -0.131. The van der Waals surface area contributed by atoms with E-state index >= 15 is 0 Å². The summed E-state index contributed by atoms with van der Waals surface area (Å²) in [6.07, 6.45) is 2.38. The van der Waals surface area contributed by atoms with Gasteiger partial charge >= 0.3 is 0 Å². The zero-order valence-electron chi connectivity index (χ0n) is 19.7. The molecule has 35 heavy (non-hydrogen) atoms. The lowest BCUT2D eigenvalue weighted by Crippen LogP contribution is -2.59. The van der Waals surface area contributed by atoms with Gasteiger partial charge in [-0.25, -0.2) is 0 Å². The summed E-state index contributed by atoms with van der Waals surface area (Å²) in [7, 11) is 2.88. The van der Waals surface area contributed by atoms with E-state index in [0.717, 1.165) is 10.5 Å². The molecule has 0 saturated carbocycles. The van der Waals surface area contributed by atoms with Crippen molar-refractivity contribution in [2.24, 2.45) is 5.92 Å². The van der Waals surface area contributed by atoms with Gasteiger partial charge in [-0.3, -0.25) is 14.4 Å². The Hall–Kier alpha value is -2.97. The Morgan fingerprint density at radius 2 is 1.74 bits per heavy atom. The largest absolute Gasteiger partial charge is 0.496 e. The number of amides is 1. The first kappa shape index (κ1) is 23.8. The van der Waals surface area contributed by atoms with Crippen molar-refractivity contribution in [1.29, 1.82) is 0 Å². The normalized spacial score (nSPS) is 25.2. The predicted octanol–water partition coefficient (Wildman–Crippen LogP) is 4.56. The number of hydrogen-bond donors (Lipinski definition) is 1. The molecule has 0 saturated heterocycles. The van der Waals surface area contributed by atoms with Gasteiger partial charge in [0.25, 0.3) is 0 Å². The molecule has 2 aliphatic heterocycles. The monoisotopic (exact) mass is 513 g/mol. The van der Waals surface area contributed by atoms with Crippen molar-refractivity contribution in [3.63, 3.8) is 0 Å². The Labute approximate surface area is 212 Å². The molecule has 0 bridgehead atoms. The molecule has 1 amide bonds. The van der Waals surface area contributed by atoms with Gasteiger partial charge in [-0.05, 0) is 30.4 Å². The standard InChI is InChI=1S/C26H24ClNO6S/c1-12-9-16-20(15(10-19(29)28-16)13-5-7-14(35-4)8-6-13)24(30)26(12)25(31)21-17(32-2)11-18(33-3)22(27)23(21)34-26/h5-8,11-12,15H,9-10H2,1-4H3,(H,28,29)/t12-,15?,26+/m1/s1. The van der Waals surface area contributed by atoms with E-state index in [-0.39, 0.29) is 40.2 Å². The summed E-state index contributed by atoms with van der Waals surface area (Å²) in [5, 5.41) is 2.98. The van der Waals surface area contributed by atoms with E-state index in [9.17, 15) is 14.4 Å². The van der Waals surface area contributed by atoms with Gasteiger partial charge in [0.2, 0.25) is 23.1 Å². The van der Waals surface area contributed by atoms with Crippen LogP contribution >= 0.6 is 23.4 Å². The van der Waals surface area contributed by atoms with Crippen molar-refractivity contribution in [2.45, 2.75) is 36.2 Å². The highest BCUT2D eigenvalue weighted by atomic mass is 35.5.